The number of hydrogen-bond donors (Lipinski definition) is 1. The fourth-order valence-corrected chi connectivity index (χ4v) is 5.30. The quantitative estimate of drug-likeness (QED) is 0.617. The summed E-state index contributed by atoms with van der Waals surface area (Å²) >= 11 is 6.63. The minimum absolute atomic E-state index is 0.154. The summed E-state index contributed by atoms with van der Waals surface area (Å²) < 4.78 is 34.8. The molecular weight excluding hydrogens is 460 g/mol. The molecule has 0 saturated heterocycles. The van der Waals surface area contributed by atoms with Crippen molar-refractivity contribution in [2.24, 2.45) is 0 Å². The van der Waals surface area contributed by atoms with E-state index in [4.69, 9.17) is 4.42 Å². The van der Waals surface area contributed by atoms with E-state index in [2.05, 4.69) is 41.5 Å². The van der Waals surface area contributed by atoms with Crippen LogP contribution >= 0.6 is 31.9 Å². The third-order valence-corrected chi connectivity index (χ3v) is 6.67. The Bertz CT molecular complexity index is 760. The first-order valence-corrected chi connectivity index (χ1v) is 10.7. The maximum Gasteiger partial charge on any atom is 0.241 e. The SMILES string of the molecule is CCN(CC)C(CNS(=O)(=O)c1ccc(Br)cc1Br)c1ccco1. The molecule has 2 rings (SSSR count). The van der Waals surface area contributed by atoms with Crippen LogP contribution in [-0.2, 0) is 10.0 Å². The number of halogens is 2. The molecule has 2 aromatic rings. The zero-order chi connectivity index (χ0) is 17.7. The zero-order valence-electron chi connectivity index (χ0n) is 13.5. The maximum absolute atomic E-state index is 12.6. The first kappa shape index (κ1) is 19.7. The normalized spacial score (nSPS) is 13.4. The fourth-order valence-electron chi connectivity index (χ4n) is 2.51. The molecule has 0 aliphatic rings. The van der Waals surface area contributed by atoms with E-state index in [1.807, 2.05) is 26.0 Å². The summed E-state index contributed by atoms with van der Waals surface area (Å²) in [7, 11) is -3.63. The van der Waals surface area contributed by atoms with Crippen LogP contribution in [0.15, 0.2) is 54.9 Å². The van der Waals surface area contributed by atoms with Gasteiger partial charge in [-0.2, -0.15) is 0 Å². The van der Waals surface area contributed by atoms with E-state index in [9.17, 15) is 8.42 Å². The van der Waals surface area contributed by atoms with E-state index in [1.165, 1.54) is 0 Å². The Morgan fingerprint density at radius 1 is 1.21 bits per heavy atom. The second-order valence-electron chi connectivity index (χ2n) is 5.18. The zero-order valence-corrected chi connectivity index (χ0v) is 17.5. The van der Waals surface area contributed by atoms with Crippen molar-refractivity contribution in [3.05, 3.63) is 51.3 Å². The number of hydrogen-bond acceptors (Lipinski definition) is 4. The van der Waals surface area contributed by atoms with E-state index in [1.54, 1.807) is 24.5 Å². The predicted molar refractivity (Wildman–Crippen MR) is 101 cm³/mol. The molecule has 0 aliphatic heterocycles. The second kappa shape index (κ2) is 8.62. The average Bonchev–Trinajstić information content (AvgIpc) is 3.05. The Morgan fingerprint density at radius 3 is 2.46 bits per heavy atom. The van der Waals surface area contributed by atoms with Gasteiger partial charge in [0.2, 0.25) is 10.0 Å². The summed E-state index contributed by atoms with van der Waals surface area (Å²) in [4.78, 5) is 2.36. The van der Waals surface area contributed by atoms with Gasteiger partial charge in [-0.1, -0.05) is 29.8 Å². The van der Waals surface area contributed by atoms with Crippen molar-refractivity contribution >= 4 is 41.9 Å². The lowest BCUT2D eigenvalue weighted by Gasteiger charge is -2.28. The molecule has 1 unspecified atom stereocenters. The Labute approximate surface area is 159 Å². The van der Waals surface area contributed by atoms with Crippen molar-refractivity contribution < 1.29 is 12.8 Å². The lowest BCUT2D eigenvalue weighted by molar-refractivity contribution is 0.194. The summed E-state index contributed by atoms with van der Waals surface area (Å²) in [5.41, 5.74) is 0. The number of furan rings is 1. The van der Waals surface area contributed by atoms with Crippen molar-refractivity contribution in [1.29, 1.82) is 0 Å². The molecule has 0 bridgehead atoms. The number of nitrogens with zero attached hydrogens (tertiary/aromatic N) is 1. The molecule has 8 heteroatoms. The van der Waals surface area contributed by atoms with Gasteiger partial charge >= 0.3 is 0 Å². The topological polar surface area (TPSA) is 62.6 Å². The van der Waals surface area contributed by atoms with E-state index >= 15 is 0 Å². The van der Waals surface area contributed by atoms with E-state index in [0.717, 1.165) is 23.3 Å². The van der Waals surface area contributed by atoms with Crippen molar-refractivity contribution in [2.45, 2.75) is 24.8 Å². The first-order valence-electron chi connectivity index (χ1n) is 7.61. The van der Waals surface area contributed by atoms with Crippen LogP contribution in [-0.4, -0.2) is 33.0 Å². The number of benzene rings is 1. The van der Waals surface area contributed by atoms with E-state index in [-0.39, 0.29) is 17.5 Å². The molecular formula is C16H20Br2N2O3S. The summed E-state index contributed by atoms with van der Waals surface area (Å²) in [6.07, 6.45) is 1.60. The maximum atomic E-state index is 12.6. The van der Waals surface area contributed by atoms with Gasteiger partial charge in [0.15, 0.2) is 0 Å². The summed E-state index contributed by atoms with van der Waals surface area (Å²) in [5, 5.41) is 0. The second-order valence-corrected chi connectivity index (χ2v) is 8.68. The van der Waals surface area contributed by atoms with Gasteiger partial charge in [0.05, 0.1) is 17.2 Å². The standard InChI is InChI=1S/C16H20Br2N2O3S/c1-3-20(4-2)14(15-6-5-9-23-15)11-19-24(21,22)16-8-7-12(17)10-13(16)18/h5-10,14,19H,3-4,11H2,1-2H3. The van der Waals surface area contributed by atoms with Gasteiger partial charge in [0.25, 0.3) is 0 Å². The molecule has 1 N–H and O–H groups in total. The monoisotopic (exact) mass is 478 g/mol. The van der Waals surface area contributed by atoms with Crippen LogP contribution in [0.5, 0.6) is 0 Å². The number of rotatable bonds is 8. The van der Waals surface area contributed by atoms with Crippen LogP contribution in [0, 0.1) is 0 Å². The van der Waals surface area contributed by atoms with Crippen LogP contribution in [0.25, 0.3) is 0 Å². The van der Waals surface area contributed by atoms with Crippen LogP contribution < -0.4 is 4.72 Å². The largest absolute Gasteiger partial charge is 0.468 e. The highest BCUT2D eigenvalue weighted by atomic mass is 79.9. The van der Waals surface area contributed by atoms with Crippen LogP contribution in [0.1, 0.15) is 25.6 Å². The van der Waals surface area contributed by atoms with Gasteiger partial charge in [0.1, 0.15) is 5.76 Å². The van der Waals surface area contributed by atoms with E-state index < -0.39 is 10.0 Å². The Balaban J connectivity index is 2.21. The highest BCUT2D eigenvalue weighted by Gasteiger charge is 2.24. The lowest BCUT2D eigenvalue weighted by atomic mass is 10.2. The van der Waals surface area contributed by atoms with Crippen LogP contribution in [0.2, 0.25) is 0 Å². The highest BCUT2D eigenvalue weighted by molar-refractivity contribution is 9.11. The van der Waals surface area contributed by atoms with Crippen molar-refractivity contribution in [2.75, 3.05) is 19.6 Å². The number of sulfonamides is 1. The van der Waals surface area contributed by atoms with E-state index in [0.29, 0.717) is 4.47 Å². The number of nitrogens with one attached hydrogen (secondary N) is 1. The summed E-state index contributed by atoms with van der Waals surface area (Å²) in [5.74, 6) is 0.747. The number of likely N-dealkylation sites (N-methyl/N-ethyl adjacent to an activating group) is 1. The smallest absolute Gasteiger partial charge is 0.241 e. The molecule has 0 radical (unpaired) electrons. The van der Waals surface area contributed by atoms with Gasteiger partial charge < -0.3 is 4.42 Å². The Morgan fingerprint density at radius 2 is 1.92 bits per heavy atom. The average molecular weight is 480 g/mol. The molecule has 1 atom stereocenters. The van der Waals surface area contributed by atoms with Gasteiger partial charge in [-0.05, 0) is 59.4 Å². The molecule has 1 aromatic carbocycles. The molecule has 0 spiro atoms. The predicted octanol–water partition coefficient (Wildman–Crippen LogP) is 4.17. The minimum Gasteiger partial charge on any atom is -0.468 e. The molecule has 0 amide bonds. The van der Waals surface area contributed by atoms with Crippen LogP contribution in [0.3, 0.4) is 0 Å². The molecule has 0 fully saturated rings. The van der Waals surface area contributed by atoms with Crippen molar-refractivity contribution in [3.8, 4) is 0 Å². The van der Waals surface area contributed by atoms with Gasteiger partial charge in [-0.25, -0.2) is 13.1 Å². The van der Waals surface area contributed by atoms with Gasteiger partial charge in [-0.3, -0.25) is 4.90 Å². The third kappa shape index (κ3) is 4.70. The summed E-state index contributed by atoms with van der Waals surface area (Å²) in [6, 6.07) is 8.50. The summed E-state index contributed by atoms with van der Waals surface area (Å²) in [6.45, 7) is 5.91. The minimum atomic E-state index is -3.63. The van der Waals surface area contributed by atoms with Crippen molar-refractivity contribution in [3.63, 3.8) is 0 Å². The molecule has 5 nitrogen and oxygen atoms in total. The molecule has 0 aliphatic carbocycles. The molecule has 1 heterocycles. The fraction of sp³-hybridized carbons (Fsp3) is 0.375. The third-order valence-electron chi connectivity index (χ3n) is 3.77. The Hall–Kier alpha value is -0.670. The van der Waals surface area contributed by atoms with Crippen LogP contribution in [0.4, 0.5) is 0 Å². The van der Waals surface area contributed by atoms with Gasteiger partial charge in [-0.15, -0.1) is 0 Å². The van der Waals surface area contributed by atoms with Crippen molar-refractivity contribution in [1.82, 2.24) is 9.62 Å². The lowest BCUT2D eigenvalue weighted by Crippen LogP contribution is -2.38. The molecule has 132 valence electrons. The molecule has 1 aromatic heterocycles. The highest BCUT2D eigenvalue weighted by Crippen LogP contribution is 2.26. The Kier molecular flexibility index (Phi) is 7.06. The molecule has 0 saturated carbocycles. The first-order chi connectivity index (χ1) is 11.4. The molecule has 24 heavy (non-hydrogen) atoms. The van der Waals surface area contributed by atoms with Gasteiger partial charge in [0, 0.05) is 15.5 Å².